The predicted octanol–water partition coefficient (Wildman–Crippen LogP) is 4.02. The van der Waals surface area contributed by atoms with Gasteiger partial charge in [0.25, 0.3) is 0 Å². The lowest BCUT2D eigenvalue weighted by Crippen LogP contribution is -2.50. The average Bonchev–Trinajstić information content (AvgIpc) is 3.38. The molecule has 3 aliphatic heterocycles. The molecule has 4 heterocycles. The summed E-state index contributed by atoms with van der Waals surface area (Å²) >= 11 is 0. The maximum absolute atomic E-state index is 14.3. The van der Waals surface area contributed by atoms with Crippen molar-refractivity contribution >= 4 is 26.7 Å². The number of hydrogen-bond donors (Lipinski definition) is 0. The van der Waals surface area contributed by atoms with E-state index < -0.39 is 26.9 Å². The summed E-state index contributed by atoms with van der Waals surface area (Å²) in [5.74, 6) is -0.174. The molecule has 0 N–H and O–H groups in total. The Morgan fingerprint density at radius 3 is 2.59 bits per heavy atom. The Morgan fingerprint density at radius 1 is 1.06 bits per heavy atom. The van der Waals surface area contributed by atoms with E-state index in [4.69, 9.17) is 4.42 Å². The van der Waals surface area contributed by atoms with Crippen molar-refractivity contribution in [3.8, 4) is 0 Å². The summed E-state index contributed by atoms with van der Waals surface area (Å²) in [7, 11) is -3.71. The molecule has 3 aliphatic rings. The fourth-order valence-corrected chi connectivity index (χ4v) is 8.82. The van der Waals surface area contributed by atoms with Gasteiger partial charge < -0.3 is 4.42 Å². The lowest BCUT2D eigenvalue weighted by Gasteiger charge is -2.40. The number of hydrogen-bond acceptors (Lipinski definition) is 5. The smallest absolute Gasteiger partial charge is 0.343 e. The second kappa shape index (κ2) is 7.18. The summed E-state index contributed by atoms with van der Waals surface area (Å²) in [4.78, 5) is 15.7. The van der Waals surface area contributed by atoms with Gasteiger partial charge in [-0.15, -0.1) is 0 Å². The molecule has 0 radical (unpaired) electrons. The van der Waals surface area contributed by atoms with Crippen LogP contribution in [-0.2, 0) is 10.0 Å². The van der Waals surface area contributed by atoms with Crippen LogP contribution in [0, 0.1) is 0 Å². The minimum atomic E-state index is -3.71. The standard InChI is InChI=1S/C25H26N2O4S/c1-2-14-27-22-17-11-6-7-13-19(17)31-25(28)21(22)23-24(32(27,29)30)20(16-9-4-3-5-10-16)18-12-8-15-26(18)23/h3-7,9-11,13,18,20,23-24H,2,8,12,14-15H2,1H3/t18-,20+,23-,24-/m0/s1. The van der Waals surface area contributed by atoms with Gasteiger partial charge in [-0.3, -0.25) is 9.21 Å². The molecule has 6 nitrogen and oxygen atoms in total. The van der Waals surface area contributed by atoms with Gasteiger partial charge in [0.2, 0.25) is 10.0 Å². The first-order valence-corrected chi connectivity index (χ1v) is 12.9. The highest BCUT2D eigenvalue weighted by Crippen LogP contribution is 2.57. The van der Waals surface area contributed by atoms with Crippen molar-refractivity contribution in [3.63, 3.8) is 0 Å². The van der Waals surface area contributed by atoms with E-state index in [9.17, 15) is 13.2 Å². The van der Waals surface area contributed by atoms with E-state index in [-0.39, 0.29) is 12.0 Å². The highest BCUT2D eigenvalue weighted by atomic mass is 32.2. The SMILES string of the molecule is CCCN1c2c(c(=O)oc3ccccc23)[C@H]2[C@H]([C@H](c3ccccc3)[C@@H]3CCCN32)S1(=O)=O. The molecule has 6 rings (SSSR count). The summed E-state index contributed by atoms with van der Waals surface area (Å²) in [6, 6.07) is 16.8. The normalized spacial score (nSPS) is 28.5. The summed E-state index contributed by atoms with van der Waals surface area (Å²) in [5.41, 5.74) is 2.10. The minimum Gasteiger partial charge on any atom is -0.422 e. The van der Waals surface area contributed by atoms with Crippen molar-refractivity contribution in [2.75, 3.05) is 17.4 Å². The van der Waals surface area contributed by atoms with Crippen molar-refractivity contribution in [3.05, 3.63) is 76.1 Å². The maximum atomic E-state index is 14.3. The minimum absolute atomic E-state index is 0.0995. The van der Waals surface area contributed by atoms with Crippen LogP contribution < -0.4 is 9.93 Å². The second-order valence-electron chi connectivity index (χ2n) is 9.06. The molecule has 0 bridgehead atoms. The lowest BCUT2D eigenvalue weighted by molar-refractivity contribution is 0.240. The van der Waals surface area contributed by atoms with Crippen LogP contribution in [0.3, 0.4) is 0 Å². The Labute approximate surface area is 187 Å². The molecule has 2 saturated heterocycles. The maximum Gasteiger partial charge on any atom is 0.343 e. The van der Waals surface area contributed by atoms with Crippen molar-refractivity contribution in [1.82, 2.24) is 4.90 Å². The van der Waals surface area contributed by atoms with Crippen LogP contribution in [0.4, 0.5) is 5.69 Å². The molecule has 0 amide bonds. The fraction of sp³-hybridized carbons (Fsp3) is 0.400. The molecule has 0 unspecified atom stereocenters. The van der Waals surface area contributed by atoms with Crippen LogP contribution in [-0.4, -0.2) is 37.7 Å². The van der Waals surface area contributed by atoms with Crippen LogP contribution in [0.15, 0.2) is 63.8 Å². The van der Waals surface area contributed by atoms with Gasteiger partial charge in [-0.2, -0.15) is 0 Å². The average molecular weight is 451 g/mol. The van der Waals surface area contributed by atoms with E-state index in [1.165, 1.54) is 4.31 Å². The summed E-state index contributed by atoms with van der Waals surface area (Å²) < 4.78 is 35.8. The number of nitrogens with zero attached hydrogens (tertiary/aromatic N) is 2. The van der Waals surface area contributed by atoms with E-state index in [2.05, 4.69) is 4.90 Å². The monoisotopic (exact) mass is 450 g/mol. The second-order valence-corrected chi connectivity index (χ2v) is 11.1. The topological polar surface area (TPSA) is 70.8 Å². The quantitative estimate of drug-likeness (QED) is 0.564. The molecule has 2 aromatic carbocycles. The van der Waals surface area contributed by atoms with E-state index >= 15 is 0 Å². The van der Waals surface area contributed by atoms with Crippen LogP contribution in [0.25, 0.3) is 11.0 Å². The molecule has 4 atom stereocenters. The van der Waals surface area contributed by atoms with Gasteiger partial charge in [0.1, 0.15) is 10.8 Å². The molecule has 7 heteroatoms. The first-order valence-electron chi connectivity index (χ1n) is 11.4. The number of sulfonamides is 1. The molecule has 0 saturated carbocycles. The Balaban J connectivity index is 1.68. The van der Waals surface area contributed by atoms with Crippen molar-refractivity contribution in [2.24, 2.45) is 0 Å². The summed E-state index contributed by atoms with van der Waals surface area (Å²) in [6.07, 6.45) is 2.60. The Morgan fingerprint density at radius 2 is 1.81 bits per heavy atom. The van der Waals surface area contributed by atoms with Crippen LogP contribution >= 0.6 is 0 Å². The largest absolute Gasteiger partial charge is 0.422 e. The molecular weight excluding hydrogens is 424 g/mol. The molecule has 0 spiro atoms. The first-order chi connectivity index (χ1) is 15.5. The van der Waals surface area contributed by atoms with E-state index in [0.29, 0.717) is 35.2 Å². The zero-order valence-electron chi connectivity index (χ0n) is 18.0. The number of para-hydroxylation sites is 1. The van der Waals surface area contributed by atoms with E-state index in [0.717, 1.165) is 24.9 Å². The molecular formula is C25H26N2O4S. The molecule has 32 heavy (non-hydrogen) atoms. The highest BCUT2D eigenvalue weighted by Gasteiger charge is 2.62. The third kappa shape index (κ3) is 2.61. The van der Waals surface area contributed by atoms with E-state index in [1.54, 1.807) is 12.1 Å². The predicted molar refractivity (Wildman–Crippen MR) is 124 cm³/mol. The van der Waals surface area contributed by atoms with Crippen LogP contribution in [0.5, 0.6) is 0 Å². The zero-order valence-corrected chi connectivity index (χ0v) is 18.8. The molecule has 1 aromatic heterocycles. The van der Waals surface area contributed by atoms with Gasteiger partial charge in [-0.25, -0.2) is 13.2 Å². The number of fused-ring (bicyclic) bond motifs is 7. The molecule has 2 fully saturated rings. The highest BCUT2D eigenvalue weighted by molar-refractivity contribution is 7.93. The van der Waals surface area contributed by atoms with E-state index in [1.807, 2.05) is 49.4 Å². The first kappa shape index (κ1) is 20.0. The Kier molecular flexibility index (Phi) is 4.49. The van der Waals surface area contributed by atoms with Gasteiger partial charge in [-0.1, -0.05) is 49.4 Å². The Hall–Kier alpha value is -2.64. The fourth-order valence-electron chi connectivity index (χ4n) is 6.31. The van der Waals surface area contributed by atoms with Gasteiger partial charge in [0.05, 0.1) is 17.3 Å². The van der Waals surface area contributed by atoms with Crippen molar-refractivity contribution < 1.29 is 12.8 Å². The van der Waals surface area contributed by atoms with Crippen LogP contribution in [0.2, 0.25) is 0 Å². The number of benzene rings is 2. The van der Waals surface area contributed by atoms with Gasteiger partial charge in [0.15, 0.2) is 0 Å². The summed E-state index contributed by atoms with van der Waals surface area (Å²) in [5, 5.41) is -0.00482. The van der Waals surface area contributed by atoms with Crippen LogP contribution in [0.1, 0.15) is 49.3 Å². The zero-order chi connectivity index (χ0) is 22.0. The van der Waals surface area contributed by atoms with Gasteiger partial charge in [-0.05, 0) is 43.5 Å². The molecule has 166 valence electrons. The van der Waals surface area contributed by atoms with Gasteiger partial charge in [0, 0.05) is 23.9 Å². The molecule has 0 aliphatic carbocycles. The Bertz CT molecular complexity index is 1350. The number of rotatable bonds is 3. The van der Waals surface area contributed by atoms with Crippen molar-refractivity contribution in [2.45, 2.75) is 49.4 Å². The molecule has 3 aromatic rings. The summed E-state index contributed by atoms with van der Waals surface area (Å²) in [6.45, 7) is 3.11. The van der Waals surface area contributed by atoms with Gasteiger partial charge >= 0.3 is 5.63 Å². The van der Waals surface area contributed by atoms with Crippen molar-refractivity contribution in [1.29, 1.82) is 0 Å². The lowest BCUT2D eigenvalue weighted by atomic mass is 9.87. The number of anilines is 1. The third-order valence-corrected chi connectivity index (χ3v) is 9.62. The third-order valence-electron chi connectivity index (χ3n) is 7.41.